The molecule has 0 aromatic heterocycles. The fourth-order valence-corrected chi connectivity index (χ4v) is 3.08. The van der Waals surface area contributed by atoms with Gasteiger partial charge in [-0.3, -0.25) is 9.59 Å². The van der Waals surface area contributed by atoms with E-state index in [0.717, 1.165) is 6.54 Å². The number of Topliss-reactive ketones (excluding diaryl/α,β-unsaturated/α-hetero) is 1. The van der Waals surface area contributed by atoms with Gasteiger partial charge in [0.05, 0.1) is 6.04 Å². The normalized spacial score (nSPS) is 30.2. The lowest BCUT2D eigenvalue weighted by Crippen LogP contribution is -2.43. The van der Waals surface area contributed by atoms with Gasteiger partial charge in [0.25, 0.3) is 0 Å². The van der Waals surface area contributed by atoms with Gasteiger partial charge in [0.2, 0.25) is 5.91 Å². The largest absolute Gasteiger partial charge is 0.332 e. The quantitative estimate of drug-likeness (QED) is 0.722. The minimum absolute atomic E-state index is 0.0354. The Balaban J connectivity index is 0.000000659. The number of ketones is 1. The summed E-state index contributed by atoms with van der Waals surface area (Å²) in [6.45, 7) is 16.3. The summed E-state index contributed by atoms with van der Waals surface area (Å²) in [5.74, 6) is 1.12. The van der Waals surface area contributed by atoms with Crippen LogP contribution < -0.4 is 0 Å². The van der Waals surface area contributed by atoms with Crippen molar-refractivity contribution in [1.82, 2.24) is 4.90 Å². The van der Waals surface area contributed by atoms with E-state index in [2.05, 4.69) is 13.8 Å². The Hall–Kier alpha value is -0.860. The third kappa shape index (κ3) is 2.76. The summed E-state index contributed by atoms with van der Waals surface area (Å²) in [4.78, 5) is 24.5. The highest BCUT2D eigenvalue weighted by atomic mass is 16.2. The molecule has 0 aromatic carbocycles. The fourth-order valence-electron chi connectivity index (χ4n) is 3.08. The van der Waals surface area contributed by atoms with Crippen LogP contribution in [0.4, 0.5) is 0 Å². The number of amides is 1. The van der Waals surface area contributed by atoms with Gasteiger partial charge in [0.15, 0.2) is 5.78 Å². The maximum Gasteiger partial charge on any atom is 0.220 e. The molecule has 2 rings (SSSR count). The van der Waals surface area contributed by atoms with Crippen LogP contribution in [-0.4, -0.2) is 29.2 Å². The number of hydrogen-bond acceptors (Lipinski definition) is 2. The third-order valence-corrected chi connectivity index (χ3v) is 4.03. The van der Waals surface area contributed by atoms with Crippen molar-refractivity contribution in [2.75, 3.05) is 6.54 Å². The second-order valence-corrected chi connectivity index (χ2v) is 5.18. The zero-order chi connectivity index (χ0) is 14.7. The smallest absolute Gasteiger partial charge is 0.220 e. The average Bonchev–Trinajstić information content (AvgIpc) is 2.71. The van der Waals surface area contributed by atoms with Crippen LogP contribution in [-0.2, 0) is 9.59 Å². The third-order valence-electron chi connectivity index (χ3n) is 4.03. The lowest BCUT2D eigenvalue weighted by Gasteiger charge is -2.28. The molecule has 0 bridgehead atoms. The van der Waals surface area contributed by atoms with Crippen LogP contribution in [0.1, 0.15) is 55.4 Å². The predicted molar refractivity (Wildman–Crippen MR) is 75.3 cm³/mol. The van der Waals surface area contributed by atoms with E-state index in [4.69, 9.17) is 0 Å². The van der Waals surface area contributed by atoms with Crippen LogP contribution in [0.5, 0.6) is 0 Å². The molecule has 106 valence electrons. The molecular formula is C15H29NO2. The first-order chi connectivity index (χ1) is 8.37. The molecule has 3 unspecified atom stereocenters. The molecule has 1 heterocycles. The molecule has 1 aliphatic carbocycles. The standard InChI is InChI=1S/C11H17NO2.2C2H6/c1-6(13)10-9-8(11(9,3)4)5-12(10)7(2)14;2*1-2/h8-10H,5H2,1-4H3;2*1-2H3. The van der Waals surface area contributed by atoms with Crippen LogP contribution in [0.3, 0.4) is 0 Å². The van der Waals surface area contributed by atoms with E-state index in [1.54, 1.807) is 18.7 Å². The number of likely N-dealkylation sites (tertiary alicyclic amines) is 1. The second kappa shape index (κ2) is 6.35. The molecule has 2 aliphatic rings. The van der Waals surface area contributed by atoms with E-state index in [1.807, 2.05) is 27.7 Å². The van der Waals surface area contributed by atoms with Crippen LogP contribution in [0.25, 0.3) is 0 Å². The summed E-state index contributed by atoms with van der Waals surface area (Å²) >= 11 is 0. The molecule has 0 spiro atoms. The molecule has 3 atom stereocenters. The van der Waals surface area contributed by atoms with E-state index >= 15 is 0 Å². The van der Waals surface area contributed by atoms with Gasteiger partial charge in [-0.15, -0.1) is 0 Å². The van der Waals surface area contributed by atoms with E-state index in [-0.39, 0.29) is 23.1 Å². The van der Waals surface area contributed by atoms with Crippen molar-refractivity contribution in [3.63, 3.8) is 0 Å². The first-order valence-corrected chi connectivity index (χ1v) is 7.15. The van der Waals surface area contributed by atoms with Gasteiger partial charge < -0.3 is 4.90 Å². The van der Waals surface area contributed by atoms with Crippen molar-refractivity contribution < 1.29 is 9.59 Å². The predicted octanol–water partition coefficient (Wildman–Crippen LogP) is 3.13. The lowest BCUT2D eigenvalue weighted by molar-refractivity contribution is -0.136. The van der Waals surface area contributed by atoms with E-state index in [0.29, 0.717) is 11.8 Å². The Kier molecular flexibility index (Phi) is 6.05. The number of nitrogens with zero attached hydrogens (tertiary/aromatic N) is 1. The molecule has 1 amide bonds. The Morgan fingerprint density at radius 1 is 1.06 bits per heavy atom. The van der Waals surface area contributed by atoms with Gasteiger partial charge in [0.1, 0.15) is 0 Å². The molecule has 0 radical (unpaired) electrons. The molecule has 2 fully saturated rings. The summed E-state index contributed by atoms with van der Waals surface area (Å²) in [7, 11) is 0. The van der Waals surface area contributed by atoms with Gasteiger partial charge >= 0.3 is 0 Å². The highest BCUT2D eigenvalue weighted by Crippen LogP contribution is 2.64. The van der Waals surface area contributed by atoms with Crippen LogP contribution in [0, 0.1) is 17.3 Å². The van der Waals surface area contributed by atoms with Gasteiger partial charge in [0, 0.05) is 13.5 Å². The maximum absolute atomic E-state index is 11.5. The minimum atomic E-state index is -0.146. The van der Waals surface area contributed by atoms with Gasteiger partial charge in [-0.25, -0.2) is 0 Å². The van der Waals surface area contributed by atoms with E-state index in [9.17, 15) is 9.59 Å². The molecule has 0 N–H and O–H groups in total. The molecule has 0 aromatic rings. The van der Waals surface area contributed by atoms with Crippen molar-refractivity contribution >= 4 is 11.7 Å². The SMILES string of the molecule is CC.CC.CC(=O)C1C2C(CN1C(C)=O)C2(C)C. The van der Waals surface area contributed by atoms with E-state index in [1.165, 1.54) is 0 Å². The molecular weight excluding hydrogens is 226 g/mol. The van der Waals surface area contributed by atoms with Crippen molar-refractivity contribution in [3.05, 3.63) is 0 Å². The summed E-state index contributed by atoms with van der Waals surface area (Å²) in [6.07, 6.45) is 0. The summed E-state index contributed by atoms with van der Waals surface area (Å²) in [5.41, 5.74) is 0.266. The molecule has 1 aliphatic heterocycles. The number of fused-ring (bicyclic) bond motifs is 1. The zero-order valence-corrected chi connectivity index (χ0v) is 13.2. The number of rotatable bonds is 1. The van der Waals surface area contributed by atoms with Gasteiger partial charge in [-0.1, -0.05) is 41.5 Å². The molecule has 3 heteroatoms. The van der Waals surface area contributed by atoms with Crippen molar-refractivity contribution in [1.29, 1.82) is 0 Å². The van der Waals surface area contributed by atoms with E-state index < -0.39 is 0 Å². The second-order valence-electron chi connectivity index (χ2n) is 5.18. The lowest BCUT2D eigenvalue weighted by atomic mass is 9.99. The number of carbonyl (C=O) groups is 2. The molecule has 1 saturated carbocycles. The van der Waals surface area contributed by atoms with Gasteiger partial charge in [-0.05, 0) is 24.2 Å². The minimum Gasteiger partial charge on any atom is -0.332 e. The Morgan fingerprint density at radius 3 is 1.83 bits per heavy atom. The highest BCUT2D eigenvalue weighted by Gasteiger charge is 2.68. The summed E-state index contributed by atoms with van der Waals surface area (Å²) < 4.78 is 0. The maximum atomic E-state index is 11.5. The molecule has 18 heavy (non-hydrogen) atoms. The van der Waals surface area contributed by atoms with Crippen molar-refractivity contribution in [2.24, 2.45) is 17.3 Å². The first kappa shape index (κ1) is 17.1. The number of carbonyl (C=O) groups excluding carboxylic acids is 2. The Morgan fingerprint density at radius 2 is 1.50 bits per heavy atom. The summed E-state index contributed by atoms with van der Waals surface area (Å²) in [5, 5.41) is 0. The fraction of sp³-hybridized carbons (Fsp3) is 0.867. The Bertz CT molecular complexity index is 310. The number of piperidine rings is 1. The zero-order valence-electron chi connectivity index (χ0n) is 13.2. The molecule has 3 nitrogen and oxygen atoms in total. The first-order valence-electron chi connectivity index (χ1n) is 7.15. The van der Waals surface area contributed by atoms with Crippen LogP contribution >= 0.6 is 0 Å². The van der Waals surface area contributed by atoms with Crippen LogP contribution in [0.15, 0.2) is 0 Å². The summed E-state index contributed by atoms with van der Waals surface area (Å²) in [6, 6.07) is -0.146. The highest BCUT2D eigenvalue weighted by molar-refractivity contribution is 5.88. The van der Waals surface area contributed by atoms with Gasteiger partial charge in [-0.2, -0.15) is 0 Å². The monoisotopic (exact) mass is 255 g/mol. The number of hydrogen-bond donors (Lipinski definition) is 0. The topological polar surface area (TPSA) is 37.4 Å². The van der Waals surface area contributed by atoms with Crippen LogP contribution in [0.2, 0.25) is 0 Å². The molecule has 1 saturated heterocycles. The Labute approximate surface area is 112 Å². The average molecular weight is 255 g/mol. The van der Waals surface area contributed by atoms with Crippen molar-refractivity contribution in [2.45, 2.75) is 61.4 Å². The van der Waals surface area contributed by atoms with Crippen molar-refractivity contribution in [3.8, 4) is 0 Å².